The minimum Gasteiger partial charge on any atom is -0.424 e. The summed E-state index contributed by atoms with van der Waals surface area (Å²) in [4.78, 5) is 32.9. The minimum absolute atomic E-state index is 0.153. The van der Waals surface area contributed by atoms with Gasteiger partial charge in [0, 0.05) is 0 Å². The third-order valence-corrected chi connectivity index (χ3v) is 3.74. The van der Waals surface area contributed by atoms with E-state index in [0.29, 0.717) is 17.4 Å². The number of anilines is 1. The van der Waals surface area contributed by atoms with Crippen LogP contribution in [0.5, 0.6) is 11.8 Å². The summed E-state index contributed by atoms with van der Waals surface area (Å²) >= 11 is 0. The summed E-state index contributed by atoms with van der Waals surface area (Å²) in [5.41, 5.74) is 1.46. The molecule has 0 radical (unpaired) electrons. The van der Waals surface area contributed by atoms with E-state index < -0.39 is 12.1 Å². The predicted molar refractivity (Wildman–Crippen MR) is 88.1 cm³/mol. The van der Waals surface area contributed by atoms with Crippen molar-refractivity contribution in [2.75, 3.05) is 4.90 Å². The number of carbonyl (C=O) groups excluding carboxylic acids is 2. The van der Waals surface area contributed by atoms with Crippen molar-refractivity contribution in [3.05, 3.63) is 42.2 Å². The summed E-state index contributed by atoms with van der Waals surface area (Å²) in [6.07, 6.45) is 2.79. The standard InChI is InChI=1S/C17H18N4O3/c1-10(2)12-5-4-6-14(7-12)24-16-18-8-13(9-19-16)21-15(22)11(3)20-17(21)23/h4-11H,1-3H3,(H,20,23)/t11-/m1/s1. The number of benzene rings is 1. The maximum absolute atomic E-state index is 11.9. The molecule has 3 amide bonds. The molecule has 124 valence electrons. The van der Waals surface area contributed by atoms with Gasteiger partial charge in [-0.2, -0.15) is 0 Å². The fraction of sp³-hybridized carbons (Fsp3) is 0.294. The lowest BCUT2D eigenvalue weighted by molar-refractivity contribution is -0.117. The van der Waals surface area contributed by atoms with Crippen LogP contribution in [0.15, 0.2) is 36.7 Å². The Labute approximate surface area is 139 Å². The Balaban J connectivity index is 1.77. The predicted octanol–water partition coefficient (Wildman–Crippen LogP) is 2.84. The van der Waals surface area contributed by atoms with Crippen LogP contribution < -0.4 is 15.0 Å². The van der Waals surface area contributed by atoms with Gasteiger partial charge < -0.3 is 10.1 Å². The molecule has 2 aromatic rings. The highest BCUT2D eigenvalue weighted by atomic mass is 16.5. The Hall–Kier alpha value is -2.96. The quantitative estimate of drug-likeness (QED) is 0.873. The lowest BCUT2D eigenvalue weighted by Gasteiger charge is -2.12. The number of rotatable bonds is 4. The molecule has 7 nitrogen and oxygen atoms in total. The molecule has 1 aliphatic heterocycles. The number of ether oxygens (including phenoxy) is 1. The van der Waals surface area contributed by atoms with E-state index in [1.807, 2.05) is 24.3 Å². The summed E-state index contributed by atoms with van der Waals surface area (Å²) in [6, 6.07) is 6.82. The lowest BCUT2D eigenvalue weighted by Crippen LogP contribution is -2.31. The molecule has 1 aliphatic rings. The first-order valence-electron chi connectivity index (χ1n) is 7.70. The fourth-order valence-corrected chi connectivity index (χ4v) is 2.37. The van der Waals surface area contributed by atoms with Crippen molar-refractivity contribution < 1.29 is 14.3 Å². The molecule has 0 spiro atoms. The number of carbonyl (C=O) groups is 2. The molecule has 1 saturated heterocycles. The van der Waals surface area contributed by atoms with Gasteiger partial charge in [0.1, 0.15) is 11.8 Å². The van der Waals surface area contributed by atoms with Crippen LogP contribution in [0, 0.1) is 0 Å². The Morgan fingerprint density at radius 1 is 1.21 bits per heavy atom. The summed E-state index contributed by atoms with van der Waals surface area (Å²) < 4.78 is 5.64. The summed E-state index contributed by atoms with van der Waals surface area (Å²) in [5.74, 6) is 0.693. The zero-order valence-electron chi connectivity index (χ0n) is 13.7. The SMILES string of the molecule is CC(C)c1cccc(Oc2ncc(N3C(=O)N[C@H](C)C3=O)cn2)c1. The van der Waals surface area contributed by atoms with Gasteiger partial charge in [-0.25, -0.2) is 19.7 Å². The minimum atomic E-state index is -0.549. The first-order valence-corrected chi connectivity index (χ1v) is 7.70. The molecule has 7 heteroatoms. The van der Waals surface area contributed by atoms with Crippen LogP contribution in [0.1, 0.15) is 32.3 Å². The summed E-state index contributed by atoms with van der Waals surface area (Å²) in [5, 5.41) is 2.54. The van der Waals surface area contributed by atoms with Gasteiger partial charge in [-0.1, -0.05) is 26.0 Å². The molecular formula is C17H18N4O3. The molecule has 0 saturated carbocycles. The zero-order valence-corrected chi connectivity index (χ0v) is 13.7. The summed E-state index contributed by atoms with van der Waals surface area (Å²) in [7, 11) is 0. The van der Waals surface area contributed by atoms with E-state index in [0.717, 1.165) is 10.5 Å². The second-order valence-corrected chi connectivity index (χ2v) is 5.90. The highest BCUT2D eigenvalue weighted by Crippen LogP contribution is 2.24. The van der Waals surface area contributed by atoms with Gasteiger partial charge in [-0.05, 0) is 30.5 Å². The van der Waals surface area contributed by atoms with Gasteiger partial charge in [-0.3, -0.25) is 4.79 Å². The van der Waals surface area contributed by atoms with Crippen molar-refractivity contribution >= 4 is 17.6 Å². The second-order valence-electron chi connectivity index (χ2n) is 5.90. The van der Waals surface area contributed by atoms with Gasteiger partial charge >= 0.3 is 12.0 Å². The molecule has 3 rings (SSSR count). The van der Waals surface area contributed by atoms with Crippen molar-refractivity contribution in [2.24, 2.45) is 0 Å². The molecule has 0 bridgehead atoms. The van der Waals surface area contributed by atoms with Crippen LogP contribution in [0.2, 0.25) is 0 Å². The van der Waals surface area contributed by atoms with E-state index in [-0.39, 0.29) is 11.9 Å². The lowest BCUT2D eigenvalue weighted by atomic mass is 10.0. The van der Waals surface area contributed by atoms with Gasteiger partial charge in [0.2, 0.25) is 0 Å². The van der Waals surface area contributed by atoms with Crippen molar-refractivity contribution in [1.82, 2.24) is 15.3 Å². The maximum Gasteiger partial charge on any atom is 0.329 e. The third-order valence-electron chi connectivity index (χ3n) is 3.74. The highest BCUT2D eigenvalue weighted by Gasteiger charge is 2.36. The average Bonchev–Trinajstić information content (AvgIpc) is 2.81. The van der Waals surface area contributed by atoms with Crippen molar-refractivity contribution in [2.45, 2.75) is 32.7 Å². The van der Waals surface area contributed by atoms with Crippen molar-refractivity contribution in [3.63, 3.8) is 0 Å². The molecule has 1 atom stereocenters. The number of aromatic nitrogens is 2. The van der Waals surface area contributed by atoms with Crippen LogP contribution in [0.3, 0.4) is 0 Å². The van der Waals surface area contributed by atoms with Gasteiger partial charge in [0.15, 0.2) is 0 Å². The molecule has 1 aromatic carbocycles. The number of imide groups is 1. The summed E-state index contributed by atoms with van der Waals surface area (Å²) in [6.45, 7) is 5.83. The Kier molecular flexibility index (Phi) is 4.16. The average molecular weight is 326 g/mol. The van der Waals surface area contributed by atoms with Crippen LogP contribution in [0.25, 0.3) is 0 Å². The van der Waals surface area contributed by atoms with E-state index in [9.17, 15) is 9.59 Å². The molecule has 0 aliphatic carbocycles. The first-order chi connectivity index (χ1) is 11.5. The monoisotopic (exact) mass is 326 g/mol. The van der Waals surface area contributed by atoms with Gasteiger partial charge in [0.25, 0.3) is 5.91 Å². The fourth-order valence-electron chi connectivity index (χ4n) is 2.37. The highest BCUT2D eigenvalue weighted by molar-refractivity contribution is 6.21. The third kappa shape index (κ3) is 3.05. The first kappa shape index (κ1) is 15.9. The van der Waals surface area contributed by atoms with Crippen LogP contribution >= 0.6 is 0 Å². The molecule has 1 N–H and O–H groups in total. The molecule has 0 unspecified atom stereocenters. The van der Waals surface area contributed by atoms with Crippen LogP contribution in [0.4, 0.5) is 10.5 Å². The Bertz CT molecular complexity index is 774. The molecule has 2 heterocycles. The molecule has 1 aromatic heterocycles. The molecule has 1 fully saturated rings. The topological polar surface area (TPSA) is 84.4 Å². The largest absolute Gasteiger partial charge is 0.424 e. The van der Waals surface area contributed by atoms with Crippen molar-refractivity contribution in [1.29, 1.82) is 0 Å². The zero-order chi connectivity index (χ0) is 17.3. The smallest absolute Gasteiger partial charge is 0.329 e. The number of nitrogens with one attached hydrogen (secondary N) is 1. The van der Waals surface area contributed by atoms with Crippen LogP contribution in [-0.4, -0.2) is 27.9 Å². The number of amides is 3. The molecule has 24 heavy (non-hydrogen) atoms. The van der Waals surface area contributed by atoms with E-state index in [2.05, 4.69) is 29.1 Å². The number of nitrogens with zero attached hydrogens (tertiary/aromatic N) is 3. The normalized spacial score (nSPS) is 17.3. The number of hydrogen-bond acceptors (Lipinski definition) is 5. The van der Waals surface area contributed by atoms with E-state index >= 15 is 0 Å². The number of urea groups is 1. The molecular weight excluding hydrogens is 308 g/mol. The van der Waals surface area contributed by atoms with Crippen molar-refractivity contribution in [3.8, 4) is 11.8 Å². The van der Waals surface area contributed by atoms with E-state index in [1.165, 1.54) is 12.4 Å². The van der Waals surface area contributed by atoms with E-state index in [4.69, 9.17) is 4.74 Å². The van der Waals surface area contributed by atoms with Crippen LogP contribution in [-0.2, 0) is 4.79 Å². The Morgan fingerprint density at radius 3 is 2.50 bits per heavy atom. The maximum atomic E-state index is 11.9. The van der Waals surface area contributed by atoms with Gasteiger partial charge in [0.05, 0.1) is 18.1 Å². The number of hydrogen-bond donors (Lipinski definition) is 1. The van der Waals surface area contributed by atoms with Gasteiger partial charge in [-0.15, -0.1) is 0 Å². The Morgan fingerprint density at radius 2 is 1.92 bits per heavy atom. The second kappa shape index (κ2) is 6.27. The van der Waals surface area contributed by atoms with E-state index in [1.54, 1.807) is 6.92 Å².